The molecule has 0 aliphatic carbocycles. The van der Waals surface area contributed by atoms with Gasteiger partial charge in [-0.25, -0.2) is 4.79 Å². The van der Waals surface area contributed by atoms with Crippen LogP contribution >= 0.6 is 0 Å². The third-order valence-corrected chi connectivity index (χ3v) is 8.41. The van der Waals surface area contributed by atoms with Crippen LogP contribution in [0.3, 0.4) is 0 Å². The standard InChI is InChI=1S/C40H40N4O7/c1-49-35-23-17-32(18-24-35)40(30-10-4-2-5-11-30,31-12-6-3-7-13-31)43-38(45)37(14-8-9-27-41)42-33-19-15-29(16-20-33)28-50-39(46)51-36-25-21-34(22-26-36)44(47)48/h2-7,10-13,15-26,37,42H,8-9,14,27-28,41H2,1H3,(H,43,45)/t37-/m0/s1. The highest BCUT2D eigenvalue weighted by molar-refractivity contribution is 5.86. The lowest BCUT2D eigenvalue weighted by Gasteiger charge is -2.38. The quantitative estimate of drug-likeness (QED) is 0.0241. The van der Waals surface area contributed by atoms with E-state index in [2.05, 4.69) is 10.6 Å². The zero-order chi connectivity index (χ0) is 36.1. The van der Waals surface area contributed by atoms with Crippen LogP contribution in [-0.2, 0) is 21.7 Å². The van der Waals surface area contributed by atoms with E-state index in [4.69, 9.17) is 19.9 Å². The lowest BCUT2D eigenvalue weighted by atomic mass is 9.76. The largest absolute Gasteiger partial charge is 0.514 e. The van der Waals surface area contributed by atoms with E-state index in [-0.39, 0.29) is 24.0 Å². The van der Waals surface area contributed by atoms with Gasteiger partial charge in [-0.15, -0.1) is 0 Å². The van der Waals surface area contributed by atoms with E-state index < -0.39 is 22.7 Å². The number of non-ortho nitro benzene ring substituents is 1. The van der Waals surface area contributed by atoms with E-state index in [0.717, 1.165) is 29.5 Å². The average molecular weight is 689 g/mol. The highest BCUT2D eigenvalue weighted by atomic mass is 16.7. The van der Waals surface area contributed by atoms with E-state index in [1.165, 1.54) is 24.3 Å². The predicted molar refractivity (Wildman–Crippen MR) is 195 cm³/mol. The van der Waals surface area contributed by atoms with Crippen molar-refractivity contribution in [3.63, 3.8) is 0 Å². The number of rotatable bonds is 16. The molecule has 1 amide bonds. The summed E-state index contributed by atoms with van der Waals surface area (Å²) in [6, 6.07) is 39.2. The molecular formula is C40H40N4O7. The Kier molecular flexibility index (Phi) is 12.4. The van der Waals surface area contributed by atoms with Crippen LogP contribution in [0.1, 0.15) is 41.5 Å². The molecule has 0 aromatic heterocycles. The van der Waals surface area contributed by atoms with Crippen LogP contribution in [0.2, 0.25) is 0 Å². The van der Waals surface area contributed by atoms with Crippen LogP contribution in [0.5, 0.6) is 11.5 Å². The summed E-state index contributed by atoms with van der Waals surface area (Å²) in [5.74, 6) is 0.633. The molecule has 0 radical (unpaired) electrons. The first-order chi connectivity index (χ1) is 24.8. The maximum Gasteiger partial charge on any atom is 0.514 e. The Balaban J connectivity index is 1.35. The molecule has 0 bridgehead atoms. The highest BCUT2D eigenvalue weighted by Crippen LogP contribution is 2.38. The molecule has 0 saturated carbocycles. The summed E-state index contributed by atoms with van der Waals surface area (Å²) in [4.78, 5) is 37.0. The number of benzene rings is 5. The van der Waals surface area contributed by atoms with E-state index in [1.54, 1.807) is 19.2 Å². The first kappa shape index (κ1) is 36.1. The normalized spacial score (nSPS) is 11.6. The summed E-state index contributed by atoms with van der Waals surface area (Å²) in [7, 11) is 1.62. The summed E-state index contributed by atoms with van der Waals surface area (Å²) in [5, 5.41) is 17.7. The molecule has 5 aromatic carbocycles. The molecule has 11 heteroatoms. The number of unbranched alkanes of at least 4 members (excludes halogenated alkanes) is 1. The first-order valence-electron chi connectivity index (χ1n) is 16.5. The second-order valence-corrected chi connectivity index (χ2v) is 11.8. The molecule has 0 aliphatic rings. The van der Waals surface area contributed by atoms with Crippen molar-refractivity contribution in [2.24, 2.45) is 5.73 Å². The number of hydrogen-bond donors (Lipinski definition) is 3. The first-order valence-corrected chi connectivity index (χ1v) is 16.5. The molecule has 5 rings (SSSR count). The number of amides is 1. The molecule has 5 aromatic rings. The lowest BCUT2D eigenvalue weighted by molar-refractivity contribution is -0.384. The highest BCUT2D eigenvalue weighted by Gasteiger charge is 2.39. The Morgan fingerprint density at radius 2 is 1.33 bits per heavy atom. The average Bonchev–Trinajstić information content (AvgIpc) is 3.17. The van der Waals surface area contributed by atoms with Crippen LogP contribution in [-0.4, -0.2) is 36.7 Å². The molecule has 1 atom stereocenters. The minimum atomic E-state index is -1.02. The van der Waals surface area contributed by atoms with Gasteiger partial charge in [0.25, 0.3) is 5.69 Å². The van der Waals surface area contributed by atoms with Gasteiger partial charge in [0.05, 0.1) is 12.0 Å². The van der Waals surface area contributed by atoms with E-state index in [1.807, 2.05) is 97.1 Å². The van der Waals surface area contributed by atoms with Crippen molar-refractivity contribution in [3.05, 3.63) is 166 Å². The number of nitro groups is 1. The van der Waals surface area contributed by atoms with Gasteiger partial charge in [-0.1, -0.05) is 84.9 Å². The van der Waals surface area contributed by atoms with Crippen molar-refractivity contribution in [1.29, 1.82) is 0 Å². The number of carbonyl (C=O) groups excluding carboxylic acids is 2. The molecule has 0 fully saturated rings. The Bertz CT molecular complexity index is 1830. The minimum absolute atomic E-state index is 0.0644. The molecule has 0 heterocycles. The van der Waals surface area contributed by atoms with Gasteiger partial charge in [-0.3, -0.25) is 14.9 Å². The fourth-order valence-corrected chi connectivity index (χ4v) is 5.77. The van der Waals surface area contributed by atoms with Crippen molar-refractivity contribution >= 4 is 23.4 Å². The summed E-state index contributed by atoms with van der Waals surface area (Å²) >= 11 is 0. The second kappa shape index (κ2) is 17.5. The topological polar surface area (TPSA) is 155 Å². The number of nitrogens with one attached hydrogen (secondary N) is 2. The third kappa shape index (κ3) is 9.28. The van der Waals surface area contributed by atoms with Crippen molar-refractivity contribution in [3.8, 4) is 11.5 Å². The Hall–Kier alpha value is -6.20. The van der Waals surface area contributed by atoms with Crippen molar-refractivity contribution < 1.29 is 28.7 Å². The minimum Gasteiger partial charge on any atom is -0.497 e. The van der Waals surface area contributed by atoms with Gasteiger partial charge in [0.2, 0.25) is 5.91 Å². The molecule has 0 saturated heterocycles. The van der Waals surface area contributed by atoms with Gasteiger partial charge in [0.1, 0.15) is 29.7 Å². The maximum atomic E-state index is 14.5. The number of nitrogens with two attached hydrogens (primary N) is 1. The Morgan fingerprint density at radius 3 is 1.88 bits per heavy atom. The van der Waals surface area contributed by atoms with E-state index in [0.29, 0.717) is 30.0 Å². The Labute approximate surface area is 296 Å². The van der Waals surface area contributed by atoms with Crippen molar-refractivity contribution in [1.82, 2.24) is 5.32 Å². The Morgan fingerprint density at radius 1 is 0.765 bits per heavy atom. The van der Waals surface area contributed by atoms with E-state index in [9.17, 15) is 19.7 Å². The van der Waals surface area contributed by atoms with Crippen LogP contribution in [0.15, 0.2) is 133 Å². The number of nitro benzene ring substituents is 1. The van der Waals surface area contributed by atoms with Gasteiger partial charge in [-0.05, 0) is 84.5 Å². The predicted octanol–water partition coefficient (Wildman–Crippen LogP) is 7.34. The van der Waals surface area contributed by atoms with Crippen LogP contribution in [0.4, 0.5) is 16.2 Å². The fourth-order valence-electron chi connectivity index (χ4n) is 5.77. The summed E-state index contributed by atoms with van der Waals surface area (Å²) < 4.78 is 15.8. The molecule has 11 nitrogen and oxygen atoms in total. The second-order valence-electron chi connectivity index (χ2n) is 11.8. The van der Waals surface area contributed by atoms with Gasteiger partial charge in [0.15, 0.2) is 0 Å². The third-order valence-electron chi connectivity index (χ3n) is 8.41. The fraction of sp³-hybridized carbons (Fsp3) is 0.200. The smallest absolute Gasteiger partial charge is 0.497 e. The SMILES string of the molecule is COc1ccc(C(NC(=O)[C@H](CCCCN)Nc2ccc(COC(=O)Oc3ccc([N+](=O)[O-])cc3)cc2)(c2ccccc2)c2ccccc2)cc1. The van der Waals surface area contributed by atoms with E-state index >= 15 is 0 Å². The maximum absolute atomic E-state index is 14.5. The number of carbonyl (C=O) groups is 2. The van der Waals surface area contributed by atoms with Crippen LogP contribution in [0, 0.1) is 10.1 Å². The summed E-state index contributed by atoms with van der Waals surface area (Å²) in [6.07, 6.45) is 1.08. The van der Waals surface area contributed by atoms with Crippen molar-refractivity contribution in [2.45, 2.75) is 37.5 Å². The monoisotopic (exact) mass is 688 g/mol. The number of anilines is 1. The van der Waals surface area contributed by atoms with Crippen LogP contribution < -0.4 is 25.8 Å². The number of nitrogens with zero attached hydrogens (tertiary/aromatic N) is 1. The lowest BCUT2D eigenvalue weighted by Crippen LogP contribution is -2.52. The molecule has 0 spiro atoms. The molecule has 262 valence electrons. The molecular weight excluding hydrogens is 648 g/mol. The molecule has 51 heavy (non-hydrogen) atoms. The summed E-state index contributed by atoms with van der Waals surface area (Å²) in [5.41, 5.74) is 8.73. The van der Waals surface area contributed by atoms with Gasteiger partial charge in [-0.2, -0.15) is 0 Å². The number of hydrogen-bond acceptors (Lipinski definition) is 9. The molecule has 4 N–H and O–H groups in total. The number of methoxy groups -OCH3 is 1. The van der Waals surface area contributed by atoms with Crippen molar-refractivity contribution in [2.75, 3.05) is 19.0 Å². The molecule has 0 unspecified atom stereocenters. The number of ether oxygens (including phenoxy) is 3. The zero-order valence-electron chi connectivity index (χ0n) is 28.2. The summed E-state index contributed by atoms with van der Waals surface area (Å²) in [6.45, 7) is 0.449. The zero-order valence-corrected chi connectivity index (χ0v) is 28.2. The van der Waals surface area contributed by atoms with Crippen LogP contribution in [0.25, 0.3) is 0 Å². The van der Waals surface area contributed by atoms with Gasteiger partial charge >= 0.3 is 6.16 Å². The van der Waals surface area contributed by atoms with Gasteiger partial charge < -0.3 is 30.6 Å². The van der Waals surface area contributed by atoms with Gasteiger partial charge in [0, 0.05) is 17.8 Å². The molecule has 0 aliphatic heterocycles.